The zero-order valence-electron chi connectivity index (χ0n) is 16.1. The van der Waals surface area contributed by atoms with Crippen LogP contribution >= 0.6 is 23.4 Å². The van der Waals surface area contributed by atoms with Gasteiger partial charge in [0.15, 0.2) is 11.0 Å². The number of hydrogen-bond acceptors (Lipinski definition) is 6. The largest absolute Gasteiger partial charge is 0.299 e. The second-order valence-electron chi connectivity index (χ2n) is 6.80. The molecule has 152 valence electrons. The van der Waals surface area contributed by atoms with Crippen LogP contribution in [0, 0.1) is 0 Å². The Morgan fingerprint density at radius 2 is 1.90 bits per heavy atom. The lowest BCUT2D eigenvalue weighted by Crippen LogP contribution is -2.34. The van der Waals surface area contributed by atoms with Gasteiger partial charge in [0.25, 0.3) is 5.91 Å². The van der Waals surface area contributed by atoms with E-state index in [1.54, 1.807) is 12.1 Å². The molecule has 4 rings (SSSR count). The van der Waals surface area contributed by atoms with Gasteiger partial charge >= 0.3 is 0 Å². The Balaban J connectivity index is 1.72. The van der Waals surface area contributed by atoms with Crippen molar-refractivity contribution in [1.29, 1.82) is 0 Å². The third-order valence-corrected chi connectivity index (χ3v) is 5.91. The molecule has 0 radical (unpaired) electrons. The molecule has 30 heavy (non-hydrogen) atoms. The van der Waals surface area contributed by atoms with Gasteiger partial charge in [-0.15, -0.1) is 10.2 Å². The van der Waals surface area contributed by atoms with E-state index in [0.29, 0.717) is 22.4 Å². The molecule has 9 heteroatoms. The minimum atomic E-state index is -0.576. The normalized spacial score (nSPS) is 16.1. The highest BCUT2D eigenvalue weighted by Gasteiger charge is 2.33. The van der Waals surface area contributed by atoms with Crippen LogP contribution in [0.5, 0.6) is 0 Å². The van der Waals surface area contributed by atoms with E-state index >= 15 is 0 Å². The Morgan fingerprint density at radius 3 is 2.60 bits per heavy atom. The number of benzene rings is 2. The number of carbonyl (C=O) groups is 2. The van der Waals surface area contributed by atoms with Crippen molar-refractivity contribution in [1.82, 2.24) is 20.2 Å². The zero-order valence-corrected chi connectivity index (χ0v) is 17.7. The average Bonchev–Trinajstić information content (AvgIpc) is 3.17. The number of rotatable bonds is 6. The Morgan fingerprint density at radius 1 is 1.17 bits per heavy atom. The second kappa shape index (κ2) is 8.81. The van der Waals surface area contributed by atoms with Crippen molar-refractivity contribution < 1.29 is 9.59 Å². The first-order valence-corrected chi connectivity index (χ1v) is 10.6. The summed E-state index contributed by atoms with van der Waals surface area (Å²) in [4.78, 5) is 24.2. The molecule has 0 unspecified atom stereocenters. The maximum absolute atomic E-state index is 12.7. The molecule has 0 saturated heterocycles. The lowest BCUT2D eigenvalue weighted by Gasteiger charge is -2.22. The van der Waals surface area contributed by atoms with Gasteiger partial charge in [0, 0.05) is 17.1 Å². The van der Waals surface area contributed by atoms with E-state index in [1.807, 2.05) is 47.0 Å². The summed E-state index contributed by atoms with van der Waals surface area (Å²) in [5.41, 5.74) is 5.04. The number of nitrogens with zero attached hydrogens (tertiary/aromatic N) is 4. The number of ketones is 1. The van der Waals surface area contributed by atoms with Crippen molar-refractivity contribution in [2.45, 2.75) is 24.4 Å². The fraction of sp³-hybridized carbons (Fsp3) is 0.190. The number of carbonyl (C=O) groups excluding carboxylic acids is 2. The summed E-state index contributed by atoms with van der Waals surface area (Å²) in [6.07, 6.45) is 0.371. The van der Waals surface area contributed by atoms with Crippen molar-refractivity contribution >= 4 is 40.8 Å². The minimum absolute atomic E-state index is 0.0386. The van der Waals surface area contributed by atoms with Crippen LogP contribution in [0.1, 0.15) is 30.7 Å². The summed E-state index contributed by atoms with van der Waals surface area (Å²) in [7, 11) is 0. The first-order valence-electron chi connectivity index (χ1n) is 9.28. The molecule has 1 atom stereocenters. The summed E-state index contributed by atoms with van der Waals surface area (Å²) < 4.78 is 1.84. The van der Waals surface area contributed by atoms with Gasteiger partial charge in [0.05, 0.1) is 11.5 Å². The van der Waals surface area contributed by atoms with Crippen LogP contribution in [0.3, 0.4) is 0 Å². The first-order chi connectivity index (χ1) is 14.5. The van der Waals surface area contributed by atoms with Gasteiger partial charge in [-0.25, -0.2) is 5.43 Å². The van der Waals surface area contributed by atoms with E-state index in [2.05, 4.69) is 20.7 Å². The SMILES string of the molecule is CC(=O)CSc1nnc([C@H]2CC(c3ccc(Cl)cc3)=NNC2=O)n1-c1ccccc1. The van der Waals surface area contributed by atoms with E-state index in [4.69, 9.17) is 11.6 Å². The molecule has 0 spiro atoms. The maximum Gasteiger partial charge on any atom is 0.251 e. The molecule has 2 heterocycles. The lowest BCUT2D eigenvalue weighted by atomic mass is 9.94. The molecule has 0 saturated carbocycles. The molecule has 2 aromatic carbocycles. The molecule has 0 bridgehead atoms. The van der Waals surface area contributed by atoms with Gasteiger partial charge in [0.1, 0.15) is 11.7 Å². The van der Waals surface area contributed by atoms with E-state index in [1.165, 1.54) is 18.7 Å². The van der Waals surface area contributed by atoms with Crippen molar-refractivity contribution in [3.63, 3.8) is 0 Å². The predicted molar refractivity (Wildman–Crippen MR) is 116 cm³/mol. The fourth-order valence-electron chi connectivity index (χ4n) is 3.15. The van der Waals surface area contributed by atoms with E-state index in [0.717, 1.165) is 17.0 Å². The predicted octanol–water partition coefficient (Wildman–Crippen LogP) is 3.61. The number of amides is 1. The van der Waals surface area contributed by atoms with Crippen LogP contribution in [0.4, 0.5) is 0 Å². The smallest absolute Gasteiger partial charge is 0.251 e. The highest BCUT2D eigenvalue weighted by molar-refractivity contribution is 7.99. The Kier molecular flexibility index (Phi) is 5.96. The van der Waals surface area contributed by atoms with Crippen molar-refractivity contribution in [3.8, 4) is 5.69 Å². The van der Waals surface area contributed by atoms with Crippen LogP contribution in [0.2, 0.25) is 5.02 Å². The van der Waals surface area contributed by atoms with E-state index in [-0.39, 0.29) is 17.4 Å². The topological polar surface area (TPSA) is 89.2 Å². The highest BCUT2D eigenvalue weighted by atomic mass is 35.5. The Bertz CT molecular complexity index is 1110. The van der Waals surface area contributed by atoms with Crippen molar-refractivity contribution in [2.75, 3.05) is 5.75 Å². The lowest BCUT2D eigenvalue weighted by molar-refractivity contribution is -0.123. The summed E-state index contributed by atoms with van der Waals surface area (Å²) in [6, 6.07) is 16.9. The van der Waals surface area contributed by atoms with Gasteiger partial charge in [-0.05, 0) is 36.8 Å². The van der Waals surface area contributed by atoms with Gasteiger partial charge in [0.2, 0.25) is 0 Å². The molecule has 1 aromatic heterocycles. The van der Waals surface area contributed by atoms with Crippen molar-refractivity contribution in [3.05, 3.63) is 71.0 Å². The molecule has 0 fully saturated rings. The summed E-state index contributed by atoms with van der Waals surface area (Å²) in [5, 5.41) is 14.0. The monoisotopic (exact) mass is 439 g/mol. The van der Waals surface area contributed by atoms with Crippen LogP contribution in [0.25, 0.3) is 5.69 Å². The number of halogens is 1. The molecular formula is C21H18ClN5O2S. The summed E-state index contributed by atoms with van der Waals surface area (Å²) in [5.74, 6) is -0.00455. The number of hydrogen-bond donors (Lipinski definition) is 1. The average molecular weight is 440 g/mol. The second-order valence-corrected chi connectivity index (χ2v) is 8.18. The molecule has 3 aromatic rings. The number of thioether (sulfide) groups is 1. The van der Waals surface area contributed by atoms with Crippen LogP contribution < -0.4 is 5.43 Å². The van der Waals surface area contributed by atoms with Crippen LogP contribution in [-0.4, -0.2) is 37.9 Å². The Labute approximate surface area is 182 Å². The first kappa shape index (κ1) is 20.3. The minimum Gasteiger partial charge on any atom is -0.299 e. The fourth-order valence-corrected chi connectivity index (χ4v) is 4.04. The summed E-state index contributed by atoms with van der Waals surface area (Å²) >= 11 is 7.28. The highest BCUT2D eigenvalue weighted by Crippen LogP contribution is 2.30. The number of aromatic nitrogens is 3. The van der Waals surface area contributed by atoms with Crippen LogP contribution in [-0.2, 0) is 9.59 Å². The number of hydrazone groups is 1. The van der Waals surface area contributed by atoms with Gasteiger partial charge < -0.3 is 0 Å². The van der Waals surface area contributed by atoms with Gasteiger partial charge in [-0.3, -0.25) is 14.2 Å². The molecule has 1 aliphatic heterocycles. The summed E-state index contributed by atoms with van der Waals surface area (Å²) in [6.45, 7) is 1.53. The zero-order chi connectivity index (χ0) is 21.1. The molecule has 7 nitrogen and oxygen atoms in total. The molecule has 0 aliphatic carbocycles. The number of nitrogens with one attached hydrogen (secondary N) is 1. The molecule has 1 amide bonds. The third-order valence-electron chi connectivity index (χ3n) is 4.58. The van der Waals surface area contributed by atoms with Gasteiger partial charge in [-0.1, -0.05) is 53.7 Å². The number of Topliss-reactive ketones (excluding diaryl/α,β-unsaturated/α-hetero) is 1. The molecule has 1 N–H and O–H groups in total. The van der Waals surface area contributed by atoms with Gasteiger partial charge in [-0.2, -0.15) is 5.10 Å². The Hall–Kier alpha value is -2.97. The maximum atomic E-state index is 12.7. The van der Waals surface area contributed by atoms with Crippen molar-refractivity contribution in [2.24, 2.45) is 5.10 Å². The van der Waals surface area contributed by atoms with E-state index in [9.17, 15) is 9.59 Å². The third kappa shape index (κ3) is 4.29. The quantitative estimate of drug-likeness (QED) is 0.592. The van der Waals surface area contributed by atoms with E-state index < -0.39 is 5.92 Å². The molecular weight excluding hydrogens is 422 g/mol. The standard InChI is InChI=1S/C21H18ClN5O2S/c1-13(28)12-30-21-26-24-19(27(21)16-5-3-2-4-6-16)17-11-18(23-25-20(17)29)14-7-9-15(22)10-8-14/h2-10,17H,11-12H2,1H3,(H,25,29)/t17-/m1/s1. The number of para-hydroxylation sites is 1. The van der Waals surface area contributed by atoms with Crippen LogP contribution in [0.15, 0.2) is 64.9 Å². The molecule has 1 aliphatic rings.